The second-order valence-corrected chi connectivity index (χ2v) is 4.90. The average Bonchev–Trinajstić information content (AvgIpc) is 2.28. The second-order valence-electron chi connectivity index (χ2n) is 4.90. The van der Waals surface area contributed by atoms with Crippen LogP contribution >= 0.6 is 0 Å². The van der Waals surface area contributed by atoms with E-state index in [9.17, 15) is 9.90 Å². The topological polar surface area (TPSA) is 49.3 Å². The van der Waals surface area contributed by atoms with Crippen LogP contribution in [0.25, 0.3) is 0 Å². The first-order chi connectivity index (χ1) is 7.86. The summed E-state index contributed by atoms with van der Waals surface area (Å²) in [5.74, 6) is -0.154. The second kappa shape index (κ2) is 5.32. The van der Waals surface area contributed by atoms with Crippen molar-refractivity contribution in [2.24, 2.45) is 0 Å². The van der Waals surface area contributed by atoms with Crippen molar-refractivity contribution in [2.75, 3.05) is 0 Å². The lowest BCUT2D eigenvalue weighted by Crippen LogP contribution is -2.50. The van der Waals surface area contributed by atoms with Gasteiger partial charge in [-0.1, -0.05) is 19.1 Å². The maximum absolute atomic E-state index is 11.9. The number of carbonyl (C=O) groups is 1. The van der Waals surface area contributed by atoms with E-state index in [1.54, 1.807) is 20.8 Å². The first kappa shape index (κ1) is 13.7. The minimum atomic E-state index is -0.624. The molecule has 1 amide bonds. The van der Waals surface area contributed by atoms with E-state index in [2.05, 4.69) is 12.2 Å². The van der Waals surface area contributed by atoms with Crippen molar-refractivity contribution in [2.45, 2.75) is 45.8 Å². The minimum absolute atomic E-state index is 0.154. The lowest BCUT2D eigenvalue weighted by Gasteiger charge is -2.29. The molecule has 1 unspecified atom stereocenters. The largest absolute Gasteiger partial charge is 0.391 e. The Morgan fingerprint density at radius 1 is 1.35 bits per heavy atom. The van der Waals surface area contributed by atoms with Gasteiger partial charge in [0.1, 0.15) is 0 Å². The zero-order valence-corrected chi connectivity index (χ0v) is 10.9. The van der Waals surface area contributed by atoms with Gasteiger partial charge in [0.05, 0.1) is 11.6 Å². The Morgan fingerprint density at radius 3 is 2.29 bits per heavy atom. The van der Waals surface area contributed by atoms with Crippen LogP contribution in [0.1, 0.15) is 43.6 Å². The number of aliphatic hydroxyl groups is 1. The van der Waals surface area contributed by atoms with Gasteiger partial charge in [-0.25, -0.2) is 0 Å². The molecule has 0 aliphatic rings. The summed E-state index contributed by atoms with van der Waals surface area (Å²) >= 11 is 0. The summed E-state index contributed by atoms with van der Waals surface area (Å²) in [7, 11) is 0. The van der Waals surface area contributed by atoms with Crippen molar-refractivity contribution in [1.29, 1.82) is 0 Å². The molecular formula is C14H21NO2. The van der Waals surface area contributed by atoms with Crippen molar-refractivity contribution in [3.63, 3.8) is 0 Å². The molecule has 0 radical (unpaired) electrons. The number of amides is 1. The zero-order valence-electron chi connectivity index (χ0n) is 10.9. The van der Waals surface area contributed by atoms with Gasteiger partial charge in [0.2, 0.25) is 0 Å². The number of carbonyl (C=O) groups excluding carboxylic acids is 1. The fourth-order valence-corrected chi connectivity index (χ4v) is 1.36. The molecule has 1 atom stereocenters. The highest BCUT2D eigenvalue weighted by molar-refractivity contribution is 5.94. The van der Waals surface area contributed by atoms with Crippen LogP contribution in [0.3, 0.4) is 0 Å². The van der Waals surface area contributed by atoms with Crippen molar-refractivity contribution < 1.29 is 9.90 Å². The van der Waals surface area contributed by atoms with Gasteiger partial charge in [0.25, 0.3) is 5.91 Å². The maximum Gasteiger partial charge on any atom is 0.251 e. The van der Waals surface area contributed by atoms with Crippen LogP contribution in [-0.4, -0.2) is 22.7 Å². The van der Waals surface area contributed by atoms with E-state index in [1.807, 2.05) is 24.3 Å². The monoisotopic (exact) mass is 235 g/mol. The molecular weight excluding hydrogens is 214 g/mol. The van der Waals surface area contributed by atoms with Gasteiger partial charge in [-0.15, -0.1) is 0 Å². The molecule has 0 saturated carbocycles. The summed E-state index contributed by atoms with van der Waals surface area (Å²) < 4.78 is 0. The predicted octanol–water partition coefficient (Wildman–Crippen LogP) is 2.14. The predicted molar refractivity (Wildman–Crippen MR) is 69.0 cm³/mol. The van der Waals surface area contributed by atoms with Crippen molar-refractivity contribution in [3.8, 4) is 0 Å². The van der Waals surface area contributed by atoms with Gasteiger partial charge in [0, 0.05) is 5.56 Å². The molecule has 17 heavy (non-hydrogen) atoms. The number of hydrogen-bond donors (Lipinski definition) is 2. The number of aliphatic hydroxyl groups excluding tert-OH is 1. The van der Waals surface area contributed by atoms with Gasteiger partial charge in [0.15, 0.2) is 0 Å². The van der Waals surface area contributed by atoms with Crippen molar-refractivity contribution in [3.05, 3.63) is 35.4 Å². The molecule has 3 nitrogen and oxygen atoms in total. The first-order valence-electron chi connectivity index (χ1n) is 5.96. The average molecular weight is 235 g/mol. The Balaban J connectivity index is 2.76. The lowest BCUT2D eigenvalue weighted by atomic mass is 9.98. The molecule has 94 valence electrons. The van der Waals surface area contributed by atoms with Crippen molar-refractivity contribution >= 4 is 5.91 Å². The molecule has 0 saturated heterocycles. The molecule has 1 rings (SSSR count). The van der Waals surface area contributed by atoms with Crippen LogP contribution in [0.2, 0.25) is 0 Å². The number of rotatable bonds is 4. The van der Waals surface area contributed by atoms with E-state index in [1.165, 1.54) is 5.56 Å². The van der Waals surface area contributed by atoms with Gasteiger partial charge in [-0.3, -0.25) is 4.79 Å². The molecule has 0 heterocycles. The third-order valence-corrected chi connectivity index (χ3v) is 3.10. The lowest BCUT2D eigenvalue weighted by molar-refractivity contribution is 0.0709. The highest BCUT2D eigenvalue weighted by atomic mass is 16.3. The maximum atomic E-state index is 11.9. The Labute approximate surface area is 103 Å². The molecule has 3 heteroatoms. The SMILES string of the molecule is CCc1ccc(C(=O)NC(C)(C)C(C)O)cc1. The molecule has 0 aliphatic heterocycles. The Morgan fingerprint density at radius 2 is 1.88 bits per heavy atom. The van der Waals surface area contributed by atoms with Crippen LogP contribution in [0.4, 0.5) is 0 Å². The Bertz CT molecular complexity index is 380. The van der Waals surface area contributed by atoms with Crippen LogP contribution in [0, 0.1) is 0 Å². The van der Waals surface area contributed by atoms with E-state index in [0.29, 0.717) is 5.56 Å². The third-order valence-electron chi connectivity index (χ3n) is 3.10. The fraction of sp³-hybridized carbons (Fsp3) is 0.500. The third kappa shape index (κ3) is 3.56. The Hall–Kier alpha value is -1.35. The van der Waals surface area contributed by atoms with E-state index in [0.717, 1.165) is 6.42 Å². The molecule has 0 bridgehead atoms. The summed E-state index contributed by atoms with van der Waals surface area (Å²) in [6.45, 7) is 7.35. The molecule has 0 aliphatic carbocycles. The van der Waals surface area contributed by atoms with Crippen LogP contribution in [0.5, 0.6) is 0 Å². The zero-order chi connectivity index (χ0) is 13.1. The highest BCUT2D eigenvalue weighted by Crippen LogP contribution is 2.11. The van der Waals surface area contributed by atoms with E-state index in [4.69, 9.17) is 0 Å². The van der Waals surface area contributed by atoms with Gasteiger partial charge >= 0.3 is 0 Å². The van der Waals surface area contributed by atoms with Crippen molar-refractivity contribution in [1.82, 2.24) is 5.32 Å². The summed E-state index contributed by atoms with van der Waals surface area (Å²) in [6, 6.07) is 7.52. The first-order valence-corrected chi connectivity index (χ1v) is 5.96. The van der Waals surface area contributed by atoms with Crippen LogP contribution in [0.15, 0.2) is 24.3 Å². The quantitative estimate of drug-likeness (QED) is 0.840. The van der Waals surface area contributed by atoms with Gasteiger partial charge in [-0.05, 0) is 44.9 Å². The summed E-state index contributed by atoms with van der Waals surface area (Å²) in [5.41, 5.74) is 1.20. The Kier molecular flexibility index (Phi) is 4.29. The molecule has 2 N–H and O–H groups in total. The smallest absolute Gasteiger partial charge is 0.251 e. The van der Waals surface area contributed by atoms with Crippen LogP contribution in [-0.2, 0) is 6.42 Å². The standard InChI is InChI=1S/C14H21NO2/c1-5-11-6-8-12(9-7-11)13(17)15-14(3,4)10(2)16/h6-10,16H,5H2,1-4H3,(H,15,17). The number of benzene rings is 1. The highest BCUT2D eigenvalue weighted by Gasteiger charge is 2.26. The minimum Gasteiger partial charge on any atom is -0.391 e. The molecule has 1 aromatic carbocycles. The molecule has 0 fully saturated rings. The molecule has 0 aromatic heterocycles. The van der Waals surface area contributed by atoms with Crippen LogP contribution < -0.4 is 5.32 Å². The van der Waals surface area contributed by atoms with Gasteiger partial charge in [-0.2, -0.15) is 0 Å². The molecule has 1 aromatic rings. The molecule has 0 spiro atoms. The summed E-state index contributed by atoms with van der Waals surface area (Å²) in [4.78, 5) is 11.9. The van der Waals surface area contributed by atoms with Gasteiger partial charge < -0.3 is 10.4 Å². The fourth-order valence-electron chi connectivity index (χ4n) is 1.36. The van der Waals surface area contributed by atoms with E-state index >= 15 is 0 Å². The number of nitrogens with one attached hydrogen (secondary N) is 1. The number of hydrogen-bond acceptors (Lipinski definition) is 2. The van der Waals surface area contributed by atoms with E-state index in [-0.39, 0.29) is 5.91 Å². The summed E-state index contributed by atoms with van der Waals surface area (Å²) in [5, 5.41) is 12.4. The normalized spacial score (nSPS) is 13.2. The number of aryl methyl sites for hydroxylation is 1. The summed E-state index contributed by atoms with van der Waals surface area (Å²) in [6.07, 6.45) is 0.363. The van der Waals surface area contributed by atoms with E-state index < -0.39 is 11.6 Å².